The SMILES string of the molecule is O=C1/C(=C/c2ccc(Cl)cc2)S/C(=N/N=C\c2ccccc2)N1Cc1ccco1. The number of benzene rings is 2. The Bertz CT molecular complexity index is 1080. The molecule has 0 saturated carbocycles. The first-order valence-electron chi connectivity index (χ1n) is 8.84. The van der Waals surface area contributed by atoms with Crippen LogP contribution in [0.4, 0.5) is 0 Å². The molecule has 144 valence electrons. The molecule has 2 aromatic carbocycles. The smallest absolute Gasteiger partial charge is 0.267 e. The van der Waals surface area contributed by atoms with Crippen LogP contribution in [0, 0.1) is 0 Å². The van der Waals surface area contributed by atoms with Gasteiger partial charge in [0.1, 0.15) is 5.76 Å². The Kier molecular flexibility index (Phi) is 5.93. The van der Waals surface area contributed by atoms with Crippen molar-refractivity contribution in [1.29, 1.82) is 0 Å². The monoisotopic (exact) mass is 421 g/mol. The summed E-state index contributed by atoms with van der Waals surface area (Å²) in [7, 11) is 0. The summed E-state index contributed by atoms with van der Waals surface area (Å²) in [5.41, 5.74) is 1.82. The summed E-state index contributed by atoms with van der Waals surface area (Å²) < 4.78 is 5.40. The van der Waals surface area contributed by atoms with Crippen molar-refractivity contribution >= 4 is 46.7 Å². The van der Waals surface area contributed by atoms with Gasteiger partial charge in [-0.2, -0.15) is 5.10 Å². The molecule has 0 radical (unpaired) electrons. The lowest BCUT2D eigenvalue weighted by atomic mass is 10.2. The summed E-state index contributed by atoms with van der Waals surface area (Å²) in [5, 5.41) is 9.60. The molecule has 3 aromatic rings. The number of amidine groups is 1. The third-order valence-electron chi connectivity index (χ3n) is 4.10. The molecule has 1 aromatic heterocycles. The van der Waals surface area contributed by atoms with Crippen LogP contribution in [0.2, 0.25) is 5.02 Å². The summed E-state index contributed by atoms with van der Waals surface area (Å²) in [6.07, 6.45) is 5.06. The zero-order valence-corrected chi connectivity index (χ0v) is 16.8. The molecule has 1 saturated heterocycles. The fourth-order valence-electron chi connectivity index (χ4n) is 2.67. The molecular weight excluding hydrogens is 406 g/mol. The van der Waals surface area contributed by atoms with Gasteiger partial charge in [-0.1, -0.05) is 54.1 Å². The minimum atomic E-state index is -0.144. The van der Waals surface area contributed by atoms with Gasteiger partial charge < -0.3 is 4.42 Å². The molecule has 1 amide bonds. The molecule has 7 heteroatoms. The van der Waals surface area contributed by atoms with Crippen molar-refractivity contribution < 1.29 is 9.21 Å². The second-order valence-electron chi connectivity index (χ2n) is 6.17. The van der Waals surface area contributed by atoms with Gasteiger partial charge in [0.25, 0.3) is 5.91 Å². The van der Waals surface area contributed by atoms with E-state index in [1.165, 1.54) is 11.8 Å². The van der Waals surface area contributed by atoms with Crippen molar-refractivity contribution in [2.75, 3.05) is 0 Å². The lowest BCUT2D eigenvalue weighted by Gasteiger charge is -2.12. The van der Waals surface area contributed by atoms with Crippen LogP contribution in [0.5, 0.6) is 0 Å². The highest BCUT2D eigenvalue weighted by Crippen LogP contribution is 2.34. The van der Waals surface area contributed by atoms with E-state index < -0.39 is 0 Å². The molecule has 0 spiro atoms. The van der Waals surface area contributed by atoms with Crippen LogP contribution in [0.15, 0.2) is 92.5 Å². The highest BCUT2D eigenvalue weighted by molar-refractivity contribution is 8.18. The second kappa shape index (κ2) is 8.94. The summed E-state index contributed by atoms with van der Waals surface area (Å²) >= 11 is 7.23. The van der Waals surface area contributed by atoms with Crippen molar-refractivity contribution in [3.05, 3.63) is 99.8 Å². The van der Waals surface area contributed by atoms with Gasteiger partial charge in [-0.25, -0.2) is 0 Å². The van der Waals surface area contributed by atoms with Crippen LogP contribution in [-0.2, 0) is 11.3 Å². The first kappa shape index (κ1) is 19.2. The topological polar surface area (TPSA) is 58.2 Å². The quantitative estimate of drug-likeness (QED) is 0.313. The number of hydrogen-bond acceptors (Lipinski definition) is 5. The molecule has 1 aliphatic rings. The predicted octanol–water partition coefficient (Wildman–Crippen LogP) is 5.44. The van der Waals surface area contributed by atoms with Gasteiger partial charge in [-0.3, -0.25) is 9.69 Å². The molecule has 0 aliphatic carbocycles. The number of furan rings is 1. The fraction of sp³-hybridized carbons (Fsp3) is 0.0455. The van der Waals surface area contributed by atoms with Crippen LogP contribution in [0.25, 0.3) is 6.08 Å². The van der Waals surface area contributed by atoms with Crippen molar-refractivity contribution in [3.8, 4) is 0 Å². The predicted molar refractivity (Wildman–Crippen MR) is 118 cm³/mol. The van der Waals surface area contributed by atoms with Gasteiger partial charge in [-0.15, -0.1) is 5.10 Å². The van der Waals surface area contributed by atoms with Crippen LogP contribution in [0.1, 0.15) is 16.9 Å². The number of carbonyl (C=O) groups excluding carboxylic acids is 1. The van der Waals surface area contributed by atoms with Crippen LogP contribution >= 0.6 is 23.4 Å². The third-order valence-corrected chi connectivity index (χ3v) is 5.35. The molecule has 0 unspecified atom stereocenters. The minimum Gasteiger partial charge on any atom is -0.467 e. The van der Waals surface area contributed by atoms with Crippen molar-refractivity contribution in [2.45, 2.75) is 6.54 Å². The number of thioether (sulfide) groups is 1. The Balaban J connectivity index is 1.61. The van der Waals surface area contributed by atoms with E-state index >= 15 is 0 Å². The van der Waals surface area contributed by atoms with E-state index in [0.717, 1.165) is 11.1 Å². The number of amides is 1. The maximum absolute atomic E-state index is 13.0. The number of carbonyl (C=O) groups is 1. The third kappa shape index (κ3) is 4.85. The molecule has 0 bridgehead atoms. The normalized spacial score (nSPS) is 17.1. The van der Waals surface area contributed by atoms with Gasteiger partial charge in [0.2, 0.25) is 0 Å². The number of hydrogen-bond donors (Lipinski definition) is 0. The Morgan fingerprint density at radius 1 is 1.00 bits per heavy atom. The van der Waals surface area contributed by atoms with Gasteiger partial charge in [0.05, 0.1) is 23.9 Å². The van der Waals surface area contributed by atoms with E-state index in [9.17, 15) is 4.79 Å². The van der Waals surface area contributed by atoms with Crippen LogP contribution < -0.4 is 0 Å². The summed E-state index contributed by atoms with van der Waals surface area (Å²) in [6.45, 7) is 0.288. The lowest BCUT2D eigenvalue weighted by molar-refractivity contribution is -0.122. The average molecular weight is 422 g/mol. The Hall–Kier alpha value is -3.09. The van der Waals surface area contributed by atoms with Crippen LogP contribution in [-0.4, -0.2) is 22.2 Å². The molecule has 29 heavy (non-hydrogen) atoms. The van der Waals surface area contributed by atoms with Crippen LogP contribution in [0.3, 0.4) is 0 Å². The molecule has 0 N–H and O–H groups in total. The summed E-state index contributed by atoms with van der Waals surface area (Å²) in [4.78, 5) is 15.1. The zero-order chi connectivity index (χ0) is 20.1. The van der Waals surface area contributed by atoms with E-state index in [4.69, 9.17) is 16.0 Å². The standard InChI is InChI=1S/C22H16ClN3O2S/c23-18-10-8-16(9-11-18)13-20-21(27)26(15-19-7-4-12-28-19)22(29-20)25-24-14-17-5-2-1-3-6-17/h1-14H,15H2/b20-13-,24-14-,25-22+. The van der Waals surface area contributed by atoms with Gasteiger partial charge in [-0.05, 0) is 53.2 Å². The molecule has 1 fully saturated rings. The van der Waals surface area contributed by atoms with Gasteiger partial charge >= 0.3 is 0 Å². The van der Waals surface area contributed by atoms with Crippen molar-refractivity contribution in [3.63, 3.8) is 0 Å². The number of rotatable bonds is 5. The maximum Gasteiger partial charge on any atom is 0.267 e. The number of nitrogens with zero attached hydrogens (tertiary/aromatic N) is 3. The maximum atomic E-state index is 13.0. The van der Waals surface area contributed by atoms with Crippen molar-refractivity contribution in [1.82, 2.24) is 4.90 Å². The highest BCUT2D eigenvalue weighted by atomic mass is 35.5. The molecule has 2 heterocycles. The fourth-order valence-corrected chi connectivity index (χ4v) is 3.74. The van der Waals surface area contributed by atoms with Crippen molar-refractivity contribution in [2.24, 2.45) is 10.2 Å². The Morgan fingerprint density at radius 3 is 2.52 bits per heavy atom. The Labute approximate surface area is 177 Å². The van der Waals surface area contributed by atoms with E-state index in [1.807, 2.05) is 54.6 Å². The lowest BCUT2D eigenvalue weighted by Crippen LogP contribution is -2.28. The molecule has 0 atom stereocenters. The first-order valence-corrected chi connectivity index (χ1v) is 10.0. The van der Waals surface area contributed by atoms with Gasteiger partial charge in [0.15, 0.2) is 5.17 Å². The highest BCUT2D eigenvalue weighted by Gasteiger charge is 2.34. The Morgan fingerprint density at radius 2 is 1.79 bits per heavy atom. The summed E-state index contributed by atoms with van der Waals surface area (Å²) in [5.74, 6) is 0.529. The van der Waals surface area contributed by atoms with E-state index in [0.29, 0.717) is 20.9 Å². The largest absolute Gasteiger partial charge is 0.467 e. The zero-order valence-electron chi connectivity index (χ0n) is 15.2. The summed E-state index contributed by atoms with van der Waals surface area (Å²) in [6, 6.07) is 20.6. The number of halogens is 1. The molecule has 5 nitrogen and oxygen atoms in total. The molecular formula is C22H16ClN3O2S. The first-order chi connectivity index (χ1) is 14.2. The minimum absolute atomic E-state index is 0.144. The second-order valence-corrected chi connectivity index (χ2v) is 7.62. The molecule has 4 rings (SSSR count). The average Bonchev–Trinajstić information content (AvgIpc) is 3.35. The van der Waals surface area contributed by atoms with E-state index in [-0.39, 0.29) is 12.5 Å². The molecule has 1 aliphatic heterocycles. The van der Waals surface area contributed by atoms with E-state index in [2.05, 4.69) is 10.2 Å². The van der Waals surface area contributed by atoms with E-state index in [1.54, 1.807) is 35.6 Å². The van der Waals surface area contributed by atoms with Gasteiger partial charge in [0, 0.05) is 5.02 Å².